The van der Waals surface area contributed by atoms with Gasteiger partial charge in [-0.3, -0.25) is 0 Å². The second kappa shape index (κ2) is 7.58. The highest BCUT2D eigenvalue weighted by molar-refractivity contribution is 7.80. The second-order valence-corrected chi connectivity index (χ2v) is 4.50. The van der Waals surface area contributed by atoms with Crippen molar-refractivity contribution in [3.05, 3.63) is 24.3 Å². The summed E-state index contributed by atoms with van der Waals surface area (Å²) in [5.41, 5.74) is 1.16. The number of ether oxygens (including phenoxy) is 1. The fourth-order valence-corrected chi connectivity index (χ4v) is 1.73. The minimum Gasteiger partial charge on any atom is -0.385 e. The maximum atomic E-state index is 5.10. The van der Waals surface area contributed by atoms with Crippen molar-refractivity contribution in [2.24, 2.45) is 5.92 Å². The standard InChI is InChI=1S/C13H21NOS/c1-3-11(8-9-15-2)10-14-12-4-6-13(16)7-5-12/h4-7,11,14,16H,3,8-10H2,1-2H3. The summed E-state index contributed by atoms with van der Waals surface area (Å²) >= 11 is 4.26. The normalized spacial score (nSPS) is 12.4. The van der Waals surface area contributed by atoms with Gasteiger partial charge >= 0.3 is 0 Å². The molecular formula is C13H21NOS. The Labute approximate surface area is 104 Å². The molecule has 0 aliphatic heterocycles. The Morgan fingerprint density at radius 1 is 1.31 bits per heavy atom. The average Bonchev–Trinajstić information content (AvgIpc) is 2.32. The molecule has 0 aromatic heterocycles. The minimum absolute atomic E-state index is 0.677. The molecule has 0 fully saturated rings. The van der Waals surface area contributed by atoms with Crippen LogP contribution in [-0.4, -0.2) is 20.3 Å². The molecule has 90 valence electrons. The fourth-order valence-electron chi connectivity index (χ4n) is 1.58. The summed E-state index contributed by atoms with van der Waals surface area (Å²) < 4.78 is 5.10. The summed E-state index contributed by atoms with van der Waals surface area (Å²) in [4.78, 5) is 0.997. The summed E-state index contributed by atoms with van der Waals surface area (Å²) in [6, 6.07) is 8.12. The van der Waals surface area contributed by atoms with Crippen molar-refractivity contribution in [3.8, 4) is 0 Å². The molecule has 0 amide bonds. The first-order chi connectivity index (χ1) is 7.76. The van der Waals surface area contributed by atoms with Gasteiger partial charge in [-0.05, 0) is 36.6 Å². The Kier molecular flexibility index (Phi) is 6.34. The molecule has 1 unspecified atom stereocenters. The molecule has 0 radical (unpaired) electrons. The van der Waals surface area contributed by atoms with E-state index in [9.17, 15) is 0 Å². The molecule has 0 bridgehead atoms. The third kappa shape index (κ3) is 4.90. The van der Waals surface area contributed by atoms with Gasteiger partial charge in [-0.15, -0.1) is 12.6 Å². The molecule has 0 saturated carbocycles. The van der Waals surface area contributed by atoms with Gasteiger partial charge in [0.25, 0.3) is 0 Å². The summed E-state index contributed by atoms with van der Waals surface area (Å²) in [7, 11) is 1.76. The van der Waals surface area contributed by atoms with Crippen LogP contribution in [0.25, 0.3) is 0 Å². The first-order valence-corrected chi connectivity index (χ1v) is 6.22. The van der Waals surface area contributed by atoms with E-state index < -0.39 is 0 Å². The fraction of sp³-hybridized carbons (Fsp3) is 0.538. The van der Waals surface area contributed by atoms with Gasteiger partial charge in [0, 0.05) is 30.8 Å². The van der Waals surface area contributed by atoms with Gasteiger partial charge in [-0.2, -0.15) is 0 Å². The molecule has 0 saturated heterocycles. The summed E-state index contributed by atoms with van der Waals surface area (Å²) in [6.07, 6.45) is 2.30. The van der Waals surface area contributed by atoms with Crippen molar-refractivity contribution >= 4 is 18.3 Å². The van der Waals surface area contributed by atoms with Crippen molar-refractivity contribution in [2.45, 2.75) is 24.7 Å². The first-order valence-electron chi connectivity index (χ1n) is 5.78. The van der Waals surface area contributed by atoms with Gasteiger partial charge in [0.1, 0.15) is 0 Å². The van der Waals surface area contributed by atoms with E-state index in [1.165, 1.54) is 6.42 Å². The van der Waals surface area contributed by atoms with Gasteiger partial charge in [0.15, 0.2) is 0 Å². The number of thiol groups is 1. The Morgan fingerprint density at radius 2 is 2.00 bits per heavy atom. The number of nitrogens with one attached hydrogen (secondary N) is 1. The van der Waals surface area contributed by atoms with Crippen LogP contribution in [0.3, 0.4) is 0 Å². The molecule has 1 aromatic carbocycles. The van der Waals surface area contributed by atoms with Crippen LogP contribution in [-0.2, 0) is 4.74 Å². The minimum atomic E-state index is 0.677. The van der Waals surface area contributed by atoms with Crippen molar-refractivity contribution in [1.29, 1.82) is 0 Å². The maximum absolute atomic E-state index is 5.10. The number of benzene rings is 1. The molecule has 2 nitrogen and oxygen atoms in total. The monoisotopic (exact) mass is 239 g/mol. The van der Waals surface area contributed by atoms with Crippen LogP contribution >= 0.6 is 12.6 Å². The van der Waals surface area contributed by atoms with E-state index in [2.05, 4.69) is 37.0 Å². The molecule has 3 heteroatoms. The summed E-state index contributed by atoms with van der Waals surface area (Å²) in [5, 5.41) is 3.44. The van der Waals surface area contributed by atoms with Crippen LogP contribution in [0.15, 0.2) is 29.2 Å². The highest BCUT2D eigenvalue weighted by Crippen LogP contribution is 2.14. The zero-order valence-electron chi connectivity index (χ0n) is 10.1. The van der Waals surface area contributed by atoms with Gasteiger partial charge in [-0.1, -0.05) is 13.3 Å². The summed E-state index contributed by atoms with van der Waals surface area (Å²) in [5.74, 6) is 0.677. The van der Waals surface area contributed by atoms with Crippen molar-refractivity contribution < 1.29 is 4.74 Å². The lowest BCUT2D eigenvalue weighted by molar-refractivity contribution is 0.178. The largest absolute Gasteiger partial charge is 0.385 e. The maximum Gasteiger partial charge on any atom is 0.0465 e. The van der Waals surface area contributed by atoms with E-state index in [-0.39, 0.29) is 0 Å². The Balaban J connectivity index is 2.34. The number of methoxy groups -OCH3 is 1. The molecule has 1 rings (SSSR count). The van der Waals surface area contributed by atoms with Gasteiger partial charge in [0.2, 0.25) is 0 Å². The lowest BCUT2D eigenvalue weighted by atomic mass is 10.0. The van der Waals surface area contributed by atoms with E-state index >= 15 is 0 Å². The first kappa shape index (κ1) is 13.4. The van der Waals surface area contributed by atoms with Crippen LogP contribution in [0.5, 0.6) is 0 Å². The third-order valence-electron chi connectivity index (χ3n) is 2.77. The number of hydrogen-bond donors (Lipinski definition) is 2. The molecule has 0 aliphatic rings. The highest BCUT2D eigenvalue weighted by atomic mass is 32.1. The predicted molar refractivity (Wildman–Crippen MR) is 72.5 cm³/mol. The van der Waals surface area contributed by atoms with E-state index in [1.807, 2.05) is 12.1 Å². The lowest BCUT2D eigenvalue weighted by Gasteiger charge is -2.16. The van der Waals surface area contributed by atoms with E-state index in [4.69, 9.17) is 4.74 Å². The number of rotatable bonds is 7. The van der Waals surface area contributed by atoms with E-state index in [1.54, 1.807) is 7.11 Å². The van der Waals surface area contributed by atoms with Crippen LogP contribution in [0.1, 0.15) is 19.8 Å². The van der Waals surface area contributed by atoms with E-state index in [0.717, 1.165) is 30.2 Å². The number of anilines is 1. The van der Waals surface area contributed by atoms with Crippen LogP contribution in [0, 0.1) is 5.92 Å². The predicted octanol–water partition coefficient (Wildman–Crippen LogP) is 3.45. The highest BCUT2D eigenvalue weighted by Gasteiger charge is 2.05. The molecule has 1 aromatic rings. The zero-order chi connectivity index (χ0) is 11.8. The zero-order valence-corrected chi connectivity index (χ0v) is 11.0. The smallest absolute Gasteiger partial charge is 0.0465 e. The van der Waals surface area contributed by atoms with Crippen molar-refractivity contribution in [2.75, 3.05) is 25.6 Å². The van der Waals surface area contributed by atoms with Crippen molar-refractivity contribution in [1.82, 2.24) is 0 Å². The average molecular weight is 239 g/mol. The van der Waals surface area contributed by atoms with Crippen molar-refractivity contribution in [3.63, 3.8) is 0 Å². The Morgan fingerprint density at radius 3 is 2.56 bits per heavy atom. The van der Waals surface area contributed by atoms with Crippen LogP contribution in [0.4, 0.5) is 5.69 Å². The van der Waals surface area contributed by atoms with Gasteiger partial charge in [-0.25, -0.2) is 0 Å². The molecular weight excluding hydrogens is 218 g/mol. The molecule has 0 spiro atoms. The summed E-state index contributed by atoms with van der Waals surface area (Å²) in [6.45, 7) is 4.07. The van der Waals surface area contributed by atoms with E-state index in [0.29, 0.717) is 5.92 Å². The molecule has 0 aliphatic carbocycles. The van der Waals surface area contributed by atoms with Gasteiger partial charge in [0.05, 0.1) is 0 Å². The second-order valence-electron chi connectivity index (χ2n) is 3.98. The topological polar surface area (TPSA) is 21.3 Å². The quantitative estimate of drug-likeness (QED) is 0.711. The molecule has 1 atom stereocenters. The molecule has 16 heavy (non-hydrogen) atoms. The lowest BCUT2D eigenvalue weighted by Crippen LogP contribution is -2.15. The Hall–Kier alpha value is -0.670. The number of hydrogen-bond acceptors (Lipinski definition) is 3. The molecule has 1 N–H and O–H groups in total. The van der Waals surface area contributed by atoms with Gasteiger partial charge < -0.3 is 10.1 Å². The Bertz CT molecular complexity index is 286. The third-order valence-corrected chi connectivity index (χ3v) is 3.07. The SMILES string of the molecule is CCC(CCOC)CNc1ccc(S)cc1. The van der Waals surface area contributed by atoms with Crippen LogP contribution in [0.2, 0.25) is 0 Å². The molecule has 0 heterocycles. The van der Waals surface area contributed by atoms with Crippen LogP contribution < -0.4 is 5.32 Å².